The van der Waals surface area contributed by atoms with Gasteiger partial charge in [-0.3, -0.25) is 4.21 Å². The Hall–Kier alpha value is -1.43. The second kappa shape index (κ2) is 7.22. The van der Waals surface area contributed by atoms with E-state index in [1.54, 1.807) is 17.2 Å². The van der Waals surface area contributed by atoms with Crippen molar-refractivity contribution in [2.75, 3.05) is 18.8 Å². The number of likely N-dealkylation sites (tertiary alicyclic amines) is 1. The van der Waals surface area contributed by atoms with Crippen molar-refractivity contribution in [3.05, 3.63) is 24.4 Å². The number of carbonyl (C=O) groups is 1. The third-order valence-corrected chi connectivity index (χ3v) is 4.91. The minimum Gasteiger partial charge on any atom is -0.444 e. The molecule has 5 nitrogen and oxygen atoms in total. The summed E-state index contributed by atoms with van der Waals surface area (Å²) in [7, 11) is -1.12. The molecule has 0 spiro atoms. The minimum absolute atomic E-state index is 0.226. The normalized spacial score (nSPS) is 20.5. The number of piperidine rings is 1. The topological polar surface area (TPSA) is 59.5 Å². The zero-order valence-electron chi connectivity index (χ0n) is 13.4. The molecule has 2 heterocycles. The smallest absolute Gasteiger partial charge is 0.410 e. The van der Waals surface area contributed by atoms with Crippen LogP contribution >= 0.6 is 0 Å². The number of aromatic nitrogens is 1. The molecular weight excluding hydrogens is 300 g/mol. The third-order valence-electron chi connectivity index (χ3n) is 3.43. The molecule has 0 radical (unpaired) electrons. The summed E-state index contributed by atoms with van der Waals surface area (Å²) in [6, 6.07) is 5.43. The molecule has 122 valence electrons. The zero-order valence-corrected chi connectivity index (χ0v) is 14.3. The number of rotatable bonds is 3. The summed E-state index contributed by atoms with van der Waals surface area (Å²) in [5.41, 5.74) is -0.485. The van der Waals surface area contributed by atoms with Crippen LogP contribution in [0.25, 0.3) is 0 Å². The maximum atomic E-state index is 12.3. The first kappa shape index (κ1) is 16.9. The average molecular weight is 324 g/mol. The average Bonchev–Trinajstić information content (AvgIpc) is 2.46. The Labute approximate surface area is 134 Å². The van der Waals surface area contributed by atoms with Crippen molar-refractivity contribution in [3.8, 4) is 0 Å². The van der Waals surface area contributed by atoms with Crippen LogP contribution in [0.2, 0.25) is 0 Å². The summed E-state index contributed by atoms with van der Waals surface area (Å²) in [5.74, 6) is 0.764. The van der Waals surface area contributed by atoms with Gasteiger partial charge in [-0.15, -0.1) is 0 Å². The molecule has 1 saturated heterocycles. The van der Waals surface area contributed by atoms with Gasteiger partial charge < -0.3 is 9.64 Å². The van der Waals surface area contributed by atoms with Crippen LogP contribution in [-0.4, -0.2) is 44.6 Å². The highest BCUT2D eigenvalue weighted by molar-refractivity contribution is 7.84. The number of hydrogen-bond donors (Lipinski definition) is 0. The van der Waals surface area contributed by atoms with E-state index < -0.39 is 16.4 Å². The number of hydrogen-bond acceptors (Lipinski definition) is 4. The van der Waals surface area contributed by atoms with Crippen LogP contribution in [0, 0.1) is 5.92 Å². The largest absolute Gasteiger partial charge is 0.444 e. The second-order valence-corrected chi connectivity index (χ2v) is 8.06. The van der Waals surface area contributed by atoms with Gasteiger partial charge in [0, 0.05) is 25.0 Å². The molecule has 6 heteroatoms. The highest BCUT2D eigenvalue weighted by Crippen LogP contribution is 2.21. The predicted molar refractivity (Wildman–Crippen MR) is 86.0 cm³/mol. The quantitative estimate of drug-likeness (QED) is 0.858. The van der Waals surface area contributed by atoms with Gasteiger partial charge in [0.15, 0.2) is 0 Å². The fourth-order valence-electron chi connectivity index (χ4n) is 2.47. The molecule has 0 saturated carbocycles. The first-order valence-corrected chi connectivity index (χ1v) is 8.94. The lowest BCUT2D eigenvalue weighted by molar-refractivity contribution is 0.0176. The molecule has 1 aromatic heterocycles. The fraction of sp³-hybridized carbons (Fsp3) is 0.625. The van der Waals surface area contributed by atoms with E-state index in [4.69, 9.17) is 4.74 Å². The van der Waals surface area contributed by atoms with Crippen molar-refractivity contribution in [2.24, 2.45) is 5.92 Å². The molecule has 0 N–H and O–H groups in total. The Balaban J connectivity index is 1.91. The van der Waals surface area contributed by atoms with Crippen molar-refractivity contribution in [2.45, 2.75) is 44.2 Å². The molecular formula is C16H24N2O3S. The number of ether oxygens (including phenoxy) is 1. The van der Waals surface area contributed by atoms with E-state index in [1.807, 2.05) is 32.9 Å². The molecule has 2 atom stereocenters. The van der Waals surface area contributed by atoms with Crippen LogP contribution in [0.5, 0.6) is 0 Å². The van der Waals surface area contributed by atoms with E-state index in [9.17, 15) is 9.00 Å². The van der Waals surface area contributed by atoms with Crippen LogP contribution < -0.4 is 0 Å². The van der Waals surface area contributed by atoms with Gasteiger partial charge in [0.05, 0.1) is 10.8 Å². The van der Waals surface area contributed by atoms with E-state index >= 15 is 0 Å². The van der Waals surface area contributed by atoms with Crippen molar-refractivity contribution < 1.29 is 13.7 Å². The van der Waals surface area contributed by atoms with Crippen molar-refractivity contribution in [3.63, 3.8) is 0 Å². The summed E-state index contributed by atoms with van der Waals surface area (Å²) in [4.78, 5) is 18.0. The number of amides is 1. The molecule has 2 unspecified atom stereocenters. The van der Waals surface area contributed by atoms with Crippen LogP contribution in [0.4, 0.5) is 4.79 Å². The van der Waals surface area contributed by atoms with Gasteiger partial charge >= 0.3 is 6.09 Å². The molecule has 0 bridgehead atoms. The minimum atomic E-state index is -1.12. The molecule has 1 aliphatic rings. The molecule has 1 aromatic rings. The zero-order chi connectivity index (χ0) is 16.2. The van der Waals surface area contributed by atoms with Gasteiger partial charge in [-0.1, -0.05) is 6.07 Å². The number of carbonyl (C=O) groups excluding carboxylic acids is 1. The molecule has 1 aliphatic heterocycles. The highest BCUT2D eigenvalue weighted by Gasteiger charge is 2.28. The summed E-state index contributed by atoms with van der Waals surface area (Å²) < 4.78 is 17.7. The summed E-state index contributed by atoms with van der Waals surface area (Å²) >= 11 is 0. The lowest BCUT2D eigenvalue weighted by atomic mass is 10.0. The van der Waals surface area contributed by atoms with Crippen molar-refractivity contribution >= 4 is 16.9 Å². The van der Waals surface area contributed by atoms with Crippen molar-refractivity contribution in [1.82, 2.24) is 9.88 Å². The van der Waals surface area contributed by atoms with E-state index in [2.05, 4.69) is 4.98 Å². The maximum absolute atomic E-state index is 12.3. The predicted octanol–water partition coefficient (Wildman–Crippen LogP) is 2.84. The van der Waals surface area contributed by atoms with Gasteiger partial charge in [-0.2, -0.15) is 0 Å². The molecule has 0 aliphatic carbocycles. The summed E-state index contributed by atoms with van der Waals surface area (Å²) in [5, 5.41) is 0.608. The Kier molecular flexibility index (Phi) is 5.56. The first-order chi connectivity index (χ1) is 10.3. The van der Waals surface area contributed by atoms with E-state index in [1.165, 1.54) is 0 Å². The Bertz CT molecular complexity index is 528. The Morgan fingerprint density at radius 2 is 2.23 bits per heavy atom. The molecule has 2 rings (SSSR count). The molecule has 0 aromatic carbocycles. The lowest BCUT2D eigenvalue weighted by Crippen LogP contribution is -2.44. The fourth-order valence-corrected chi connectivity index (χ4v) is 3.75. The third kappa shape index (κ3) is 5.09. The van der Waals surface area contributed by atoms with Gasteiger partial charge in [0.25, 0.3) is 0 Å². The van der Waals surface area contributed by atoms with Crippen LogP contribution in [0.15, 0.2) is 29.4 Å². The highest BCUT2D eigenvalue weighted by atomic mass is 32.2. The molecule has 1 fully saturated rings. The Morgan fingerprint density at radius 3 is 2.86 bits per heavy atom. The standard InChI is InChI=1S/C16H24N2O3S/c1-16(2,3)21-15(19)18-10-6-7-13(11-18)12-22(20)14-8-4-5-9-17-14/h4-5,8-9,13H,6-7,10-12H2,1-3H3. The van der Waals surface area contributed by atoms with Gasteiger partial charge in [0.1, 0.15) is 10.6 Å². The van der Waals surface area contributed by atoms with E-state index in [0.29, 0.717) is 23.9 Å². The molecule has 22 heavy (non-hydrogen) atoms. The van der Waals surface area contributed by atoms with Gasteiger partial charge in [0.2, 0.25) is 0 Å². The van der Waals surface area contributed by atoms with Gasteiger partial charge in [-0.25, -0.2) is 9.78 Å². The monoisotopic (exact) mass is 324 g/mol. The van der Waals surface area contributed by atoms with E-state index in [-0.39, 0.29) is 12.0 Å². The van der Waals surface area contributed by atoms with Crippen LogP contribution in [0.1, 0.15) is 33.6 Å². The number of pyridine rings is 1. The second-order valence-electron chi connectivity index (χ2n) is 6.61. The van der Waals surface area contributed by atoms with Crippen LogP contribution in [0.3, 0.4) is 0 Å². The maximum Gasteiger partial charge on any atom is 0.410 e. The van der Waals surface area contributed by atoms with Crippen molar-refractivity contribution in [1.29, 1.82) is 0 Å². The van der Waals surface area contributed by atoms with E-state index in [0.717, 1.165) is 12.8 Å². The summed E-state index contributed by atoms with van der Waals surface area (Å²) in [6.45, 7) is 6.91. The van der Waals surface area contributed by atoms with Gasteiger partial charge in [-0.05, 0) is 51.7 Å². The lowest BCUT2D eigenvalue weighted by Gasteiger charge is -2.33. The number of nitrogens with zero attached hydrogens (tertiary/aromatic N) is 2. The first-order valence-electron chi connectivity index (χ1n) is 7.62. The SMILES string of the molecule is CC(C)(C)OC(=O)N1CCCC(CS(=O)c2ccccn2)C1. The Morgan fingerprint density at radius 1 is 1.45 bits per heavy atom. The molecule has 1 amide bonds. The summed E-state index contributed by atoms with van der Waals surface area (Å²) in [6.07, 6.45) is 3.28. The van der Waals surface area contributed by atoms with Crippen LogP contribution in [-0.2, 0) is 15.5 Å².